The van der Waals surface area contributed by atoms with Crippen LogP contribution in [0.2, 0.25) is 0 Å². The molecule has 0 aliphatic carbocycles. The molecule has 104 valence electrons. The molecule has 0 spiro atoms. The third kappa shape index (κ3) is 4.75. The largest absolute Gasteiger partial charge is 0.326 e. The summed E-state index contributed by atoms with van der Waals surface area (Å²) in [5.74, 6) is 3.55. The van der Waals surface area contributed by atoms with Crippen molar-refractivity contribution >= 4 is 35.1 Å². The highest BCUT2D eigenvalue weighted by Crippen LogP contribution is 2.26. The Hall–Kier alpha value is -0.650. The van der Waals surface area contributed by atoms with Crippen LogP contribution in [-0.2, 0) is 11.3 Å². The molecule has 0 bridgehead atoms. The van der Waals surface area contributed by atoms with Crippen molar-refractivity contribution in [2.24, 2.45) is 5.73 Å². The summed E-state index contributed by atoms with van der Waals surface area (Å²) in [5.41, 5.74) is 8.69. The fourth-order valence-corrected chi connectivity index (χ4v) is 4.81. The first-order chi connectivity index (χ1) is 9.17. The van der Waals surface area contributed by atoms with Gasteiger partial charge >= 0.3 is 0 Å². The zero-order chi connectivity index (χ0) is 13.7. The predicted molar refractivity (Wildman–Crippen MR) is 85.9 cm³/mol. The number of hydrogen-bond donors (Lipinski definition) is 2. The SMILES string of the molecule is Cc1cc(CN)cc(NC(=O)CC2CSCCS2)c1. The lowest BCUT2D eigenvalue weighted by Crippen LogP contribution is -2.22. The van der Waals surface area contributed by atoms with Crippen molar-refractivity contribution in [1.82, 2.24) is 0 Å². The van der Waals surface area contributed by atoms with Crippen molar-refractivity contribution < 1.29 is 4.79 Å². The molecule has 19 heavy (non-hydrogen) atoms. The van der Waals surface area contributed by atoms with E-state index >= 15 is 0 Å². The highest BCUT2D eigenvalue weighted by molar-refractivity contribution is 8.06. The Morgan fingerprint density at radius 2 is 2.26 bits per heavy atom. The minimum Gasteiger partial charge on any atom is -0.326 e. The molecule has 1 aliphatic rings. The first-order valence-electron chi connectivity index (χ1n) is 6.47. The minimum absolute atomic E-state index is 0.105. The Balaban J connectivity index is 1.92. The second kappa shape index (κ2) is 7.22. The van der Waals surface area contributed by atoms with E-state index in [1.54, 1.807) is 0 Å². The van der Waals surface area contributed by atoms with Crippen molar-refractivity contribution in [3.8, 4) is 0 Å². The monoisotopic (exact) mass is 296 g/mol. The van der Waals surface area contributed by atoms with E-state index in [-0.39, 0.29) is 5.91 Å². The fourth-order valence-electron chi connectivity index (χ4n) is 2.13. The Labute approximate surface area is 123 Å². The van der Waals surface area contributed by atoms with E-state index in [1.807, 2.05) is 48.6 Å². The lowest BCUT2D eigenvalue weighted by molar-refractivity contribution is -0.116. The summed E-state index contributed by atoms with van der Waals surface area (Å²) in [4.78, 5) is 12.0. The highest BCUT2D eigenvalue weighted by Gasteiger charge is 2.18. The summed E-state index contributed by atoms with van der Waals surface area (Å²) < 4.78 is 0. The maximum Gasteiger partial charge on any atom is 0.225 e. The molecule has 2 rings (SSSR count). The van der Waals surface area contributed by atoms with Crippen LogP contribution < -0.4 is 11.1 Å². The van der Waals surface area contributed by atoms with E-state index in [2.05, 4.69) is 5.32 Å². The molecule has 3 nitrogen and oxygen atoms in total. The lowest BCUT2D eigenvalue weighted by atomic mass is 10.1. The summed E-state index contributed by atoms with van der Waals surface area (Å²) in [6.07, 6.45) is 0.601. The van der Waals surface area contributed by atoms with Gasteiger partial charge in [-0.05, 0) is 30.2 Å². The van der Waals surface area contributed by atoms with Gasteiger partial charge in [-0.25, -0.2) is 0 Å². The van der Waals surface area contributed by atoms with Gasteiger partial charge in [0.2, 0.25) is 5.91 Å². The number of carbonyl (C=O) groups is 1. The Kier molecular flexibility index (Phi) is 5.60. The van der Waals surface area contributed by atoms with Crippen molar-refractivity contribution in [3.63, 3.8) is 0 Å². The van der Waals surface area contributed by atoms with Crippen molar-refractivity contribution in [2.45, 2.75) is 25.1 Å². The molecular formula is C14H20N2OS2. The molecular weight excluding hydrogens is 276 g/mol. The molecule has 1 heterocycles. The number of nitrogens with two attached hydrogens (primary N) is 1. The number of rotatable bonds is 4. The third-order valence-electron chi connectivity index (χ3n) is 2.95. The van der Waals surface area contributed by atoms with Gasteiger partial charge in [-0.1, -0.05) is 6.07 Å². The molecule has 1 aromatic rings. The van der Waals surface area contributed by atoms with E-state index in [0.29, 0.717) is 18.2 Å². The zero-order valence-electron chi connectivity index (χ0n) is 11.1. The first kappa shape index (κ1) is 14.8. The first-order valence-corrected chi connectivity index (χ1v) is 8.67. The summed E-state index contributed by atoms with van der Waals surface area (Å²) in [6.45, 7) is 2.52. The van der Waals surface area contributed by atoms with Crippen LogP contribution in [0.25, 0.3) is 0 Å². The van der Waals surface area contributed by atoms with Crippen LogP contribution in [0.4, 0.5) is 5.69 Å². The maximum absolute atomic E-state index is 12.0. The second-order valence-electron chi connectivity index (χ2n) is 4.73. The zero-order valence-corrected chi connectivity index (χ0v) is 12.8. The van der Waals surface area contributed by atoms with Gasteiger partial charge in [0.25, 0.3) is 0 Å². The molecule has 1 amide bonds. The number of thioether (sulfide) groups is 2. The van der Waals surface area contributed by atoms with Crippen LogP contribution in [0, 0.1) is 6.92 Å². The van der Waals surface area contributed by atoms with Crippen molar-refractivity contribution in [2.75, 3.05) is 22.6 Å². The van der Waals surface area contributed by atoms with E-state index in [0.717, 1.165) is 28.3 Å². The van der Waals surface area contributed by atoms with E-state index < -0.39 is 0 Å². The average Bonchev–Trinajstić information content (AvgIpc) is 2.38. The maximum atomic E-state index is 12.0. The second-order valence-corrected chi connectivity index (χ2v) is 7.29. The Morgan fingerprint density at radius 3 is 2.95 bits per heavy atom. The minimum atomic E-state index is 0.105. The normalized spacial score (nSPS) is 19.2. The molecule has 5 heteroatoms. The van der Waals surface area contributed by atoms with Gasteiger partial charge in [0.05, 0.1) is 0 Å². The van der Waals surface area contributed by atoms with Crippen molar-refractivity contribution in [1.29, 1.82) is 0 Å². The van der Waals surface area contributed by atoms with Gasteiger partial charge < -0.3 is 11.1 Å². The third-order valence-corrected chi connectivity index (χ3v) is 5.80. The molecule has 1 saturated heterocycles. The molecule has 1 aromatic carbocycles. The quantitative estimate of drug-likeness (QED) is 0.897. The van der Waals surface area contributed by atoms with Crippen LogP contribution >= 0.6 is 23.5 Å². The Bertz CT molecular complexity index is 445. The smallest absolute Gasteiger partial charge is 0.225 e. The number of amides is 1. The van der Waals surface area contributed by atoms with Crippen LogP contribution in [0.1, 0.15) is 17.5 Å². The number of hydrogen-bond acceptors (Lipinski definition) is 4. The predicted octanol–water partition coefficient (Wildman–Crippen LogP) is 2.63. The van der Waals surface area contributed by atoms with Gasteiger partial charge in [-0.3, -0.25) is 4.79 Å². The molecule has 0 aromatic heterocycles. The standard InChI is InChI=1S/C14H20N2OS2/c1-10-4-11(8-15)6-12(5-10)16-14(17)7-13-9-18-2-3-19-13/h4-6,13H,2-3,7-9,15H2,1H3,(H,16,17). The number of aryl methyl sites for hydroxylation is 1. The molecule has 1 atom stereocenters. The lowest BCUT2D eigenvalue weighted by Gasteiger charge is -2.20. The number of anilines is 1. The van der Waals surface area contributed by atoms with Gasteiger partial charge in [-0.15, -0.1) is 0 Å². The van der Waals surface area contributed by atoms with Crippen LogP contribution in [0.15, 0.2) is 18.2 Å². The number of nitrogens with one attached hydrogen (secondary N) is 1. The summed E-state index contributed by atoms with van der Waals surface area (Å²) in [5, 5.41) is 3.44. The summed E-state index contributed by atoms with van der Waals surface area (Å²) in [7, 11) is 0. The highest BCUT2D eigenvalue weighted by atomic mass is 32.2. The van der Waals surface area contributed by atoms with Crippen LogP contribution in [0.3, 0.4) is 0 Å². The summed E-state index contributed by atoms with van der Waals surface area (Å²) in [6, 6.07) is 5.98. The fraction of sp³-hybridized carbons (Fsp3) is 0.500. The molecule has 0 saturated carbocycles. The molecule has 1 fully saturated rings. The van der Waals surface area contributed by atoms with Gasteiger partial charge in [0, 0.05) is 41.2 Å². The van der Waals surface area contributed by atoms with Crippen LogP contribution in [0.5, 0.6) is 0 Å². The summed E-state index contributed by atoms with van der Waals surface area (Å²) >= 11 is 3.85. The average molecular weight is 296 g/mol. The molecule has 0 radical (unpaired) electrons. The van der Waals surface area contributed by atoms with Gasteiger partial charge in [0.15, 0.2) is 0 Å². The van der Waals surface area contributed by atoms with Crippen molar-refractivity contribution in [3.05, 3.63) is 29.3 Å². The number of benzene rings is 1. The topological polar surface area (TPSA) is 55.1 Å². The molecule has 3 N–H and O–H groups in total. The van der Waals surface area contributed by atoms with E-state index in [1.165, 1.54) is 5.75 Å². The molecule has 1 unspecified atom stereocenters. The van der Waals surface area contributed by atoms with E-state index in [9.17, 15) is 4.79 Å². The molecule has 1 aliphatic heterocycles. The van der Waals surface area contributed by atoms with E-state index in [4.69, 9.17) is 5.73 Å². The number of carbonyl (C=O) groups excluding carboxylic acids is 1. The van der Waals surface area contributed by atoms with Gasteiger partial charge in [-0.2, -0.15) is 23.5 Å². The van der Waals surface area contributed by atoms with Gasteiger partial charge in [0.1, 0.15) is 0 Å². The van der Waals surface area contributed by atoms with Crippen LogP contribution in [-0.4, -0.2) is 28.4 Å². The Morgan fingerprint density at radius 1 is 1.42 bits per heavy atom.